The molecular formula is C21H19N7O. The van der Waals surface area contributed by atoms with Crippen LogP contribution in [0.3, 0.4) is 0 Å². The number of nitrogens with zero attached hydrogens (tertiary/aromatic N) is 6. The number of aromatic nitrogens is 6. The van der Waals surface area contributed by atoms with E-state index in [1.54, 1.807) is 10.9 Å². The number of aryl methyl sites for hydroxylation is 3. The highest BCUT2D eigenvalue weighted by Crippen LogP contribution is 2.30. The molecule has 0 saturated heterocycles. The average Bonchev–Trinajstić information content (AvgIpc) is 3.25. The Hall–Kier alpha value is -3.94. The van der Waals surface area contributed by atoms with Gasteiger partial charge in [0.15, 0.2) is 5.65 Å². The van der Waals surface area contributed by atoms with E-state index in [9.17, 15) is 0 Å². The predicted molar refractivity (Wildman–Crippen MR) is 112 cm³/mol. The summed E-state index contributed by atoms with van der Waals surface area (Å²) in [6.45, 7) is 2.07. The maximum atomic E-state index is 6.03. The summed E-state index contributed by atoms with van der Waals surface area (Å²) in [5.41, 5.74) is 4.74. The van der Waals surface area contributed by atoms with E-state index in [0.29, 0.717) is 11.6 Å². The first-order valence-electron chi connectivity index (χ1n) is 9.20. The Labute approximate surface area is 166 Å². The lowest BCUT2D eigenvalue weighted by atomic mass is 10.2. The van der Waals surface area contributed by atoms with Gasteiger partial charge in [0.1, 0.15) is 17.5 Å². The molecule has 3 aromatic heterocycles. The fourth-order valence-corrected chi connectivity index (χ4v) is 3.32. The molecule has 8 heteroatoms. The molecule has 5 rings (SSSR count). The molecule has 3 heterocycles. The van der Waals surface area contributed by atoms with Gasteiger partial charge in [-0.05, 0) is 30.7 Å². The van der Waals surface area contributed by atoms with Crippen molar-refractivity contribution >= 4 is 33.7 Å². The molecule has 0 saturated carbocycles. The molecule has 0 fully saturated rings. The smallest absolute Gasteiger partial charge is 0.233 e. The van der Waals surface area contributed by atoms with Crippen molar-refractivity contribution in [2.45, 2.75) is 6.92 Å². The molecule has 0 radical (unpaired) electrons. The highest BCUT2D eigenvalue weighted by atomic mass is 16.5. The molecule has 1 N–H and O–H groups in total. The van der Waals surface area contributed by atoms with Crippen molar-refractivity contribution in [2.75, 3.05) is 5.32 Å². The van der Waals surface area contributed by atoms with Crippen LogP contribution < -0.4 is 10.1 Å². The van der Waals surface area contributed by atoms with E-state index < -0.39 is 0 Å². The van der Waals surface area contributed by atoms with Gasteiger partial charge < -0.3 is 14.6 Å². The largest absolute Gasteiger partial charge is 0.438 e. The fraction of sp³-hybridized carbons (Fsp3) is 0.143. The minimum atomic E-state index is 0.469. The number of rotatable bonds is 4. The summed E-state index contributed by atoms with van der Waals surface area (Å²) in [6.07, 6.45) is 3.18. The molecule has 0 unspecified atom stereocenters. The zero-order chi connectivity index (χ0) is 20.0. The van der Waals surface area contributed by atoms with Gasteiger partial charge in [-0.1, -0.05) is 18.2 Å². The third-order valence-corrected chi connectivity index (χ3v) is 4.95. The summed E-state index contributed by atoms with van der Waals surface area (Å²) in [6, 6.07) is 13.9. The van der Waals surface area contributed by atoms with E-state index in [0.717, 1.165) is 39.3 Å². The van der Waals surface area contributed by atoms with Crippen LogP contribution in [0.2, 0.25) is 0 Å². The van der Waals surface area contributed by atoms with Crippen LogP contribution >= 0.6 is 0 Å². The van der Waals surface area contributed by atoms with Gasteiger partial charge >= 0.3 is 0 Å². The van der Waals surface area contributed by atoms with Crippen LogP contribution in [-0.4, -0.2) is 29.3 Å². The van der Waals surface area contributed by atoms with Crippen molar-refractivity contribution in [1.82, 2.24) is 29.3 Å². The predicted octanol–water partition coefficient (Wildman–Crippen LogP) is 4.09. The Morgan fingerprint density at radius 1 is 1.03 bits per heavy atom. The molecule has 0 aliphatic carbocycles. The van der Waals surface area contributed by atoms with Gasteiger partial charge in [-0.3, -0.25) is 4.68 Å². The minimum absolute atomic E-state index is 0.469. The maximum Gasteiger partial charge on any atom is 0.233 e. The molecule has 0 amide bonds. The van der Waals surface area contributed by atoms with Gasteiger partial charge in [0.05, 0.1) is 17.2 Å². The van der Waals surface area contributed by atoms with Crippen molar-refractivity contribution in [1.29, 1.82) is 0 Å². The molecular weight excluding hydrogens is 366 g/mol. The Balaban J connectivity index is 1.50. The second-order valence-electron chi connectivity index (χ2n) is 6.87. The van der Waals surface area contributed by atoms with E-state index in [-0.39, 0.29) is 0 Å². The van der Waals surface area contributed by atoms with Crippen LogP contribution in [0.1, 0.15) is 5.56 Å². The quantitative estimate of drug-likeness (QED) is 0.502. The Bertz CT molecular complexity index is 1350. The van der Waals surface area contributed by atoms with Crippen LogP contribution in [0.4, 0.5) is 11.6 Å². The van der Waals surface area contributed by atoms with E-state index in [4.69, 9.17) is 9.72 Å². The molecule has 0 atom stereocenters. The number of hydrogen-bond donors (Lipinski definition) is 1. The lowest BCUT2D eigenvalue weighted by Gasteiger charge is -2.08. The molecule has 8 nitrogen and oxygen atoms in total. The zero-order valence-electron chi connectivity index (χ0n) is 16.3. The summed E-state index contributed by atoms with van der Waals surface area (Å²) in [4.78, 5) is 13.2. The molecule has 0 aliphatic heterocycles. The number of benzene rings is 2. The minimum Gasteiger partial charge on any atom is -0.438 e. The summed E-state index contributed by atoms with van der Waals surface area (Å²) in [5.74, 6) is 1.89. The lowest BCUT2D eigenvalue weighted by Crippen LogP contribution is -2.00. The lowest BCUT2D eigenvalue weighted by molar-refractivity contribution is 0.468. The number of hydrogen-bond acceptors (Lipinski definition) is 6. The first-order chi connectivity index (χ1) is 14.1. The Kier molecular flexibility index (Phi) is 3.90. The molecule has 2 aromatic carbocycles. The number of para-hydroxylation sites is 1. The van der Waals surface area contributed by atoms with Gasteiger partial charge in [0.2, 0.25) is 11.8 Å². The van der Waals surface area contributed by atoms with Gasteiger partial charge in [0, 0.05) is 25.8 Å². The third kappa shape index (κ3) is 2.94. The Morgan fingerprint density at radius 3 is 2.76 bits per heavy atom. The van der Waals surface area contributed by atoms with Gasteiger partial charge in [-0.2, -0.15) is 5.10 Å². The van der Waals surface area contributed by atoms with Crippen LogP contribution in [0.5, 0.6) is 11.6 Å². The van der Waals surface area contributed by atoms with Crippen LogP contribution in [0.25, 0.3) is 22.1 Å². The van der Waals surface area contributed by atoms with Gasteiger partial charge in [-0.25, -0.2) is 15.0 Å². The van der Waals surface area contributed by atoms with Crippen molar-refractivity contribution in [2.24, 2.45) is 14.1 Å². The molecule has 5 aromatic rings. The van der Waals surface area contributed by atoms with Crippen molar-refractivity contribution in [3.8, 4) is 11.6 Å². The normalized spacial score (nSPS) is 11.3. The van der Waals surface area contributed by atoms with E-state index >= 15 is 0 Å². The molecule has 0 spiro atoms. The van der Waals surface area contributed by atoms with E-state index in [2.05, 4.69) is 33.4 Å². The maximum absolute atomic E-state index is 6.03. The molecule has 144 valence electrons. The highest BCUT2D eigenvalue weighted by molar-refractivity contribution is 5.82. The third-order valence-electron chi connectivity index (χ3n) is 4.95. The number of nitrogens with one attached hydrogen (secondary N) is 1. The van der Waals surface area contributed by atoms with Crippen LogP contribution in [0, 0.1) is 6.92 Å². The average molecular weight is 385 g/mol. The monoisotopic (exact) mass is 385 g/mol. The van der Waals surface area contributed by atoms with Crippen molar-refractivity contribution in [3.63, 3.8) is 0 Å². The van der Waals surface area contributed by atoms with Crippen LogP contribution in [0.15, 0.2) is 55.0 Å². The second kappa shape index (κ2) is 6.59. The summed E-state index contributed by atoms with van der Waals surface area (Å²) < 4.78 is 9.74. The zero-order valence-corrected chi connectivity index (χ0v) is 16.3. The first kappa shape index (κ1) is 17.2. The summed E-state index contributed by atoms with van der Waals surface area (Å²) >= 11 is 0. The van der Waals surface area contributed by atoms with E-state index in [1.807, 2.05) is 55.1 Å². The fourth-order valence-electron chi connectivity index (χ4n) is 3.32. The van der Waals surface area contributed by atoms with Gasteiger partial charge in [-0.15, -0.1) is 0 Å². The standard InChI is InChI=1S/C21H19N7O/c1-13-6-4-5-7-16(13)25-21-26-17-10-14(8-9-18(17)27(21)2)29-20-15-11-24-28(3)19(15)22-12-23-20/h4-12H,1-3H3,(H,25,26). The van der Waals surface area contributed by atoms with Crippen molar-refractivity contribution < 1.29 is 4.74 Å². The number of ether oxygens (including phenoxy) is 1. The Morgan fingerprint density at radius 2 is 1.90 bits per heavy atom. The highest BCUT2D eigenvalue weighted by Gasteiger charge is 2.13. The number of anilines is 2. The molecule has 0 bridgehead atoms. The van der Waals surface area contributed by atoms with Gasteiger partial charge in [0.25, 0.3) is 0 Å². The number of fused-ring (bicyclic) bond motifs is 2. The first-order valence-corrected chi connectivity index (χ1v) is 9.20. The summed E-state index contributed by atoms with van der Waals surface area (Å²) in [7, 11) is 3.82. The number of imidazole rings is 1. The second-order valence-corrected chi connectivity index (χ2v) is 6.87. The van der Waals surface area contributed by atoms with Crippen molar-refractivity contribution in [3.05, 3.63) is 60.6 Å². The SMILES string of the molecule is Cc1ccccc1Nc1nc2cc(Oc3ncnc4c3cnn4C)ccc2n1C. The summed E-state index contributed by atoms with van der Waals surface area (Å²) in [5, 5.41) is 8.39. The van der Waals surface area contributed by atoms with E-state index in [1.165, 1.54) is 6.33 Å². The molecule has 29 heavy (non-hydrogen) atoms. The van der Waals surface area contributed by atoms with Crippen LogP contribution in [-0.2, 0) is 14.1 Å². The molecule has 0 aliphatic rings. The topological polar surface area (TPSA) is 82.7 Å².